The second-order valence-corrected chi connectivity index (χ2v) is 10.5. The van der Waals surface area contributed by atoms with Gasteiger partial charge in [0.2, 0.25) is 0 Å². The molecule has 0 heterocycles. The molecule has 0 radical (unpaired) electrons. The number of rotatable bonds is 8. The topological polar surface area (TPSA) is 0 Å². The highest BCUT2D eigenvalue weighted by atomic mass is 19.4. The number of hydrogen-bond donors (Lipinski definition) is 0. The molecular weight excluding hydrogens is 412 g/mol. The van der Waals surface area contributed by atoms with Crippen LogP contribution in [0.2, 0.25) is 0 Å². The lowest BCUT2D eigenvalue weighted by Gasteiger charge is -2.34. The molecule has 32 heavy (non-hydrogen) atoms. The monoisotopic (exact) mass is 452 g/mol. The van der Waals surface area contributed by atoms with Crippen molar-refractivity contribution in [3.8, 4) is 0 Å². The van der Waals surface area contributed by atoms with Crippen LogP contribution in [-0.4, -0.2) is 6.18 Å². The zero-order valence-electron chi connectivity index (χ0n) is 19.8. The second kappa shape index (κ2) is 11.7. The average Bonchev–Trinajstić information content (AvgIpc) is 2.77. The summed E-state index contributed by atoms with van der Waals surface area (Å²) < 4.78 is 51.3. The van der Waals surface area contributed by atoms with E-state index in [9.17, 15) is 17.6 Å². The molecule has 0 saturated heterocycles. The van der Waals surface area contributed by atoms with Crippen molar-refractivity contribution >= 4 is 6.08 Å². The first-order chi connectivity index (χ1) is 15.2. The lowest BCUT2D eigenvalue weighted by molar-refractivity contribution is -0.0790. The lowest BCUT2D eigenvalue weighted by atomic mass is 9.72. The Morgan fingerprint density at radius 3 is 2.06 bits per heavy atom. The quantitative estimate of drug-likeness (QED) is 0.344. The first-order valence-electron chi connectivity index (χ1n) is 12.8. The fourth-order valence-electron chi connectivity index (χ4n) is 6.11. The number of benzene rings is 1. The molecule has 3 rings (SSSR count). The van der Waals surface area contributed by atoms with Crippen LogP contribution in [0.5, 0.6) is 0 Å². The molecule has 0 amide bonds. The number of alkyl halides is 3. The molecule has 2 fully saturated rings. The molecule has 4 heteroatoms. The molecular formula is C28H40F4. The van der Waals surface area contributed by atoms with E-state index in [1.165, 1.54) is 76.3 Å². The summed E-state index contributed by atoms with van der Waals surface area (Å²) >= 11 is 0. The van der Waals surface area contributed by atoms with Crippen LogP contribution >= 0.6 is 0 Å². The first-order valence-corrected chi connectivity index (χ1v) is 12.8. The normalized spacial score (nSPS) is 28.2. The average molecular weight is 453 g/mol. The summed E-state index contributed by atoms with van der Waals surface area (Å²) in [5.74, 6) is 3.28. The van der Waals surface area contributed by atoms with Crippen molar-refractivity contribution in [3.05, 3.63) is 41.2 Å². The predicted octanol–water partition coefficient (Wildman–Crippen LogP) is 9.70. The van der Waals surface area contributed by atoms with Crippen molar-refractivity contribution in [3.63, 3.8) is 0 Å². The minimum atomic E-state index is -4.42. The summed E-state index contributed by atoms with van der Waals surface area (Å²) in [6.07, 6.45) is 12.0. The Balaban J connectivity index is 1.40. The third-order valence-electron chi connectivity index (χ3n) is 8.22. The van der Waals surface area contributed by atoms with Crippen LogP contribution in [0.4, 0.5) is 17.6 Å². The van der Waals surface area contributed by atoms with Gasteiger partial charge in [0.15, 0.2) is 0 Å². The predicted molar refractivity (Wildman–Crippen MR) is 125 cm³/mol. The Kier molecular flexibility index (Phi) is 9.25. The smallest absolute Gasteiger partial charge is 0.206 e. The van der Waals surface area contributed by atoms with E-state index in [-0.39, 0.29) is 11.6 Å². The highest BCUT2D eigenvalue weighted by molar-refractivity contribution is 5.51. The standard InChI is InChI=1S/C28H40F4/c1-3-4-20(2)23-11-7-21(8-12-23)5-6-22-9-13-24(14-10-22)26-16-15-25(27(29)19-26)17-18-28(30,31)32/h15-24H,3-14H2,1-2H3/b18-17+. The molecule has 0 N–H and O–H groups in total. The Hall–Kier alpha value is -1.32. The molecule has 1 aromatic carbocycles. The molecule has 2 saturated carbocycles. The lowest BCUT2D eigenvalue weighted by Crippen LogP contribution is -2.21. The fourth-order valence-corrected chi connectivity index (χ4v) is 6.11. The van der Waals surface area contributed by atoms with E-state index >= 15 is 0 Å². The van der Waals surface area contributed by atoms with Crippen LogP contribution in [-0.2, 0) is 0 Å². The second-order valence-electron chi connectivity index (χ2n) is 10.5. The van der Waals surface area contributed by atoms with Crippen LogP contribution in [0.15, 0.2) is 24.3 Å². The maximum atomic E-state index is 14.3. The van der Waals surface area contributed by atoms with Crippen molar-refractivity contribution < 1.29 is 17.6 Å². The maximum absolute atomic E-state index is 14.3. The SMILES string of the molecule is CCCC(C)C1CCC(CCC2CCC(c3ccc(/C=C/C(F)(F)F)c(F)c3)CC2)CC1. The molecule has 0 nitrogen and oxygen atoms in total. The number of allylic oxidation sites excluding steroid dienone is 1. The van der Waals surface area contributed by atoms with Crippen LogP contribution in [0.1, 0.15) is 108 Å². The van der Waals surface area contributed by atoms with Crippen molar-refractivity contribution in [2.75, 3.05) is 0 Å². The van der Waals surface area contributed by atoms with Crippen LogP contribution in [0.25, 0.3) is 6.08 Å². The minimum absolute atomic E-state index is 0.00132. The maximum Gasteiger partial charge on any atom is 0.409 e. The van der Waals surface area contributed by atoms with Gasteiger partial charge in [0.1, 0.15) is 5.82 Å². The summed E-state index contributed by atoms with van der Waals surface area (Å²) in [4.78, 5) is 0. The number of hydrogen-bond acceptors (Lipinski definition) is 0. The van der Waals surface area contributed by atoms with Gasteiger partial charge in [0.25, 0.3) is 0 Å². The summed E-state index contributed by atoms with van der Waals surface area (Å²) in [7, 11) is 0. The zero-order valence-corrected chi connectivity index (χ0v) is 19.8. The van der Waals surface area contributed by atoms with E-state index in [4.69, 9.17) is 0 Å². The fraction of sp³-hybridized carbons (Fsp3) is 0.714. The number of halogens is 4. The van der Waals surface area contributed by atoms with Crippen molar-refractivity contribution in [1.82, 2.24) is 0 Å². The van der Waals surface area contributed by atoms with Gasteiger partial charge in [-0.25, -0.2) is 4.39 Å². The van der Waals surface area contributed by atoms with Gasteiger partial charge >= 0.3 is 6.18 Å². The van der Waals surface area contributed by atoms with Gasteiger partial charge in [-0.2, -0.15) is 13.2 Å². The molecule has 0 bridgehead atoms. The van der Waals surface area contributed by atoms with Gasteiger partial charge < -0.3 is 0 Å². The minimum Gasteiger partial charge on any atom is -0.206 e. The Morgan fingerprint density at radius 1 is 0.938 bits per heavy atom. The van der Waals surface area contributed by atoms with E-state index in [1.54, 1.807) is 0 Å². The summed E-state index contributed by atoms with van der Waals surface area (Å²) in [6.45, 7) is 4.73. The third-order valence-corrected chi connectivity index (χ3v) is 8.22. The summed E-state index contributed by atoms with van der Waals surface area (Å²) in [6, 6.07) is 4.73. The van der Waals surface area contributed by atoms with Gasteiger partial charge in [0, 0.05) is 11.6 Å². The first kappa shape index (κ1) is 25.3. The van der Waals surface area contributed by atoms with Gasteiger partial charge in [-0.1, -0.05) is 64.5 Å². The highest BCUT2D eigenvalue weighted by Crippen LogP contribution is 2.41. The van der Waals surface area contributed by atoms with Crippen molar-refractivity contribution in [2.45, 2.75) is 103 Å². The molecule has 1 atom stereocenters. The van der Waals surface area contributed by atoms with Gasteiger partial charge in [0.05, 0.1) is 0 Å². The molecule has 0 aliphatic heterocycles. The van der Waals surface area contributed by atoms with Crippen LogP contribution < -0.4 is 0 Å². The van der Waals surface area contributed by atoms with E-state index in [0.717, 1.165) is 48.2 Å². The molecule has 2 aliphatic carbocycles. The Labute approximate surface area is 191 Å². The summed E-state index contributed by atoms with van der Waals surface area (Å²) in [5, 5.41) is 0. The largest absolute Gasteiger partial charge is 0.409 e. The van der Waals surface area contributed by atoms with Gasteiger partial charge in [-0.3, -0.25) is 0 Å². The Bertz CT molecular complexity index is 719. The van der Waals surface area contributed by atoms with E-state index in [1.807, 2.05) is 6.07 Å². The molecule has 0 spiro atoms. The van der Waals surface area contributed by atoms with E-state index < -0.39 is 12.0 Å². The molecule has 180 valence electrons. The molecule has 2 aliphatic rings. The van der Waals surface area contributed by atoms with E-state index in [2.05, 4.69) is 13.8 Å². The van der Waals surface area contributed by atoms with Crippen LogP contribution in [0.3, 0.4) is 0 Å². The summed E-state index contributed by atoms with van der Waals surface area (Å²) in [5.41, 5.74) is 0.934. The van der Waals surface area contributed by atoms with Gasteiger partial charge in [-0.15, -0.1) is 0 Å². The van der Waals surface area contributed by atoms with Crippen LogP contribution in [0, 0.1) is 29.5 Å². The van der Waals surface area contributed by atoms with Gasteiger partial charge in [-0.05, 0) is 85.8 Å². The Morgan fingerprint density at radius 2 is 1.53 bits per heavy atom. The highest BCUT2D eigenvalue weighted by Gasteiger charge is 2.27. The zero-order chi connectivity index (χ0) is 23.1. The van der Waals surface area contributed by atoms with Crippen molar-refractivity contribution in [2.24, 2.45) is 23.7 Å². The van der Waals surface area contributed by atoms with Crippen molar-refractivity contribution in [1.29, 1.82) is 0 Å². The third kappa shape index (κ3) is 7.63. The van der Waals surface area contributed by atoms with E-state index in [0.29, 0.717) is 5.92 Å². The molecule has 1 aromatic rings. The molecule has 0 aromatic heterocycles. The molecule has 1 unspecified atom stereocenters.